The van der Waals surface area contributed by atoms with E-state index in [1.807, 2.05) is 6.92 Å². The molecule has 0 unspecified atom stereocenters. The first-order valence-corrected chi connectivity index (χ1v) is 9.19. The van der Waals surface area contributed by atoms with E-state index in [-0.39, 0.29) is 35.5 Å². The van der Waals surface area contributed by atoms with Crippen molar-refractivity contribution in [1.82, 2.24) is 10.1 Å². The van der Waals surface area contributed by atoms with Crippen molar-refractivity contribution >= 4 is 5.84 Å². The smallest absolute Gasteiger partial charge is 0.419 e. The lowest BCUT2D eigenvalue weighted by molar-refractivity contribution is -0.138. The summed E-state index contributed by atoms with van der Waals surface area (Å²) in [5.74, 6) is 0.553. The average molecular weight is 412 g/mol. The lowest BCUT2D eigenvalue weighted by Crippen LogP contribution is -2.09. The number of hydrogen-bond acceptors (Lipinski definition) is 5. The van der Waals surface area contributed by atoms with Crippen LogP contribution in [0.25, 0.3) is 11.4 Å². The van der Waals surface area contributed by atoms with Crippen molar-refractivity contribution in [1.29, 1.82) is 5.41 Å². The molecule has 9 heteroatoms. The lowest BCUT2D eigenvalue weighted by Gasteiger charge is -2.13. The van der Waals surface area contributed by atoms with Crippen LogP contribution in [0.3, 0.4) is 0 Å². The molecule has 1 aromatic heterocycles. The molecule has 0 amide bonds. The van der Waals surface area contributed by atoms with Crippen molar-refractivity contribution in [3.05, 3.63) is 42.3 Å². The van der Waals surface area contributed by atoms with Crippen molar-refractivity contribution in [2.45, 2.75) is 52.1 Å². The van der Waals surface area contributed by atoms with Gasteiger partial charge in [0.1, 0.15) is 12.4 Å². The molecule has 0 saturated carbocycles. The molecule has 2 aromatic rings. The fraction of sp³-hybridized carbons (Fsp3) is 0.450. The Kier molecular flexibility index (Phi) is 9.37. The number of aromatic nitrogens is 2. The summed E-state index contributed by atoms with van der Waals surface area (Å²) in [6.45, 7) is 8.99. The molecule has 0 bridgehead atoms. The molecule has 1 aromatic carbocycles. The summed E-state index contributed by atoms with van der Waals surface area (Å²) in [4.78, 5) is 4.25. The van der Waals surface area contributed by atoms with Gasteiger partial charge in [-0.3, -0.25) is 5.41 Å². The van der Waals surface area contributed by atoms with Gasteiger partial charge in [0.25, 0.3) is 0 Å². The standard InChI is InChI=1S/C18H21F3N2O2.C2H6N2/c1-4-6-7-12(3)17-22-16(23-25-17)13-8-9-15(24-10-5-2)14(11-13)18(19,20)21;1-2(3)4/h5,8-9,11-12H,2,4,6-7,10H2,1,3H3;1H3,(H3,3,4)/t12-;/m0./s1. The molecule has 160 valence electrons. The van der Waals surface area contributed by atoms with Gasteiger partial charge in [0.15, 0.2) is 0 Å². The summed E-state index contributed by atoms with van der Waals surface area (Å²) in [5.41, 5.74) is 4.05. The Hall–Kier alpha value is -2.84. The summed E-state index contributed by atoms with van der Waals surface area (Å²) in [7, 11) is 0. The van der Waals surface area contributed by atoms with Crippen molar-refractivity contribution in [2.75, 3.05) is 6.61 Å². The highest BCUT2D eigenvalue weighted by atomic mass is 19.4. The number of amidine groups is 1. The van der Waals surface area contributed by atoms with Gasteiger partial charge in [-0.25, -0.2) is 0 Å². The first kappa shape index (κ1) is 24.2. The van der Waals surface area contributed by atoms with Crippen LogP contribution >= 0.6 is 0 Å². The van der Waals surface area contributed by atoms with Crippen LogP contribution in [-0.2, 0) is 6.18 Å². The molecule has 2 rings (SSSR count). The normalized spacial score (nSPS) is 11.9. The van der Waals surface area contributed by atoms with E-state index < -0.39 is 11.7 Å². The predicted molar refractivity (Wildman–Crippen MR) is 106 cm³/mol. The highest BCUT2D eigenvalue weighted by molar-refractivity contribution is 5.73. The fourth-order valence-electron chi connectivity index (χ4n) is 2.35. The fourth-order valence-corrected chi connectivity index (χ4v) is 2.35. The topological polar surface area (TPSA) is 98.0 Å². The van der Waals surface area contributed by atoms with Crippen LogP contribution in [-0.4, -0.2) is 22.6 Å². The first-order valence-electron chi connectivity index (χ1n) is 9.19. The minimum absolute atomic E-state index is 0.0102. The van der Waals surface area contributed by atoms with Crippen LogP contribution in [0.2, 0.25) is 0 Å². The zero-order chi connectivity index (χ0) is 22.0. The van der Waals surface area contributed by atoms with Gasteiger partial charge >= 0.3 is 6.18 Å². The Labute approximate surface area is 168 Å². The monoisotopic (exact) mass is 412 g/mol. The number of ether oxygens (including phenoxy) is 1. The number of alkyl halides is 3. The van der Waals surface area contributed by atoms with E-state index in [4.69, 9.17) is 20.4 Å². The molecule has 0 fully saturated rings. The third-order valence-corrected chi connectivity index (χ3v) is 3.75. The van der Waals surface area contributed by atoms with E-state index in [1.165, 1.54) is 25.1 Å². The highest BCUT2D eigenvalue weighted by Crippen LogP contribution is 2.38. The summed E-state index contributed by atoms with van der Waals surface area (Å²) in [6, 6.07) is 3.72. The molecule has 6 nitrogen and oxygen atoms in total. The summed E-state index contributed by atoms with van der Waals surface area (Å²) in [5, 5.41) is 10.1. The Balaban J connectivity index is 0.000000960. The molecular formula is C20H27F3N4O2. The molecular weight excluding hydrogens is 385 g/mol. The maximum Gasteiger partial charge on any atom is 0.419 e. The van der Waals surface area contributed by atoms with Crippen LogP contribution in [0, 0.1) is 5.41 Å². The maximum atomic E-state index is 13.3. The molecule has 0 radical (unpaired) electrons. The predicted octanol–water partition coefficient (Wildman–Crippen LogP) is 5.56. The molecule has 1 atom stereocenters. The number of unbranched alkanes of at least 4 members (excludes halogenated alkanes) is 1. The second-order valence-corrected chi connectivity index (χ2v) is 6.49. The maximum absolute atomic E-state index is 13.3. The van der Waals surface area contributed by atoms with Crippen LogP contribution in [0.4, 0.5) is 13.2 Å². The number of rotatable bonds is 8. The lowest BCUT2D eigenvalue weighted by atomic mass is 10.0. The number of benzene rings is 1. The molecule has 0 aliphatic rings. The minimum atomic E-state index is -4.55. The first-order chi connectivity index (χ1) is 13.6. The Morgan fingerprint density at radius 1 is 1.41 bits per heavy atom. The van der Waals surface area contributed by atoms with E-state index in [2.05, 4.69) is 23.6 Å². The van der Waals surface area contributed by atoms with E-state index in [0.29, 0.717) is 5.89 Å². The van der Waals surface area contributed by atoms with E-state index in [1.54, 1.807) is 0 Å². The van der Waals surface area contributed by atoms with Crippen molar-refractivity contribution < 1.29 is 22.4 Å². The van der Waals surface area contributed by atoms with Gasteiger partial charge in [0, 0.05) is 11.5 Å². The van der Waals surface area contributed by atoms with Crippen molar-refractivity contribution in [3.63, 3.8) is 0 Å². The SMILES string of the molecule is C=CCOc1ccc(-c2noc([C@@H](C)CCCC)n2)cc1C(F)(F)F.CC(=N)N. The molecule has 1 heterocycles. The van der Waals surface area contributed by atoms with Crippen LogP contribution in [0.1, 0.15) is 57.4 Å². The van der Waals surface area contributed by atoms with Gasteiger partial charge in [0.05, 0.1) is 11.4 Å². The largest absolute Gasteiger partial charge is 0.489 e. The van der Waals surface area contributed by atoms with Gasteiger partial charge < -0.3 is 15.0 Å². The molecule has 0 aliphatic heterocycles. The number of hydrogen-bond donors (Lipinski definition) is 2. The van der Waals surface area contributed by atoms with Crippen LogP contribution < -0.4 is 10.5 Å². The summed E-state index contributed by atoms with van der Waals surface area (Å²) < 4.78 is 50.1. The molecule has 0 saturated heterocycles. The Bertz CT molecular complexity index is 799. The second kappa shape index (κ2) is 11.2. The number of nitrogens with one attached hydrogen (secondary N) is 1. The van der Waals surface area contributed by atoms with Gasteiger partial charge in [0.2, 0.25) is 11.7 Å². The van der Waals surface area contributed by atoms with Crippen LogP contribution in [0.5, 0.6) is 5.75 Å². The minimum Gasteiger partial charge on any atom is -0.489 e. The van der Waals surface area contributed by atoms with Crippen LogP contribution in [0.15, 0.2) is 35.4 Å². The highest BCUT2D eigenvalue weighted by Gasteiger charge is 2.35. The number of nitrogens with two attached hydrogens (primary N) is 1. The zero-order valence-corrected chi connectivity index (χ0v) is 16.8. The van der Waals surface area contributed by atoms with Gasteiger partial charge in [-0.2, -0.15) is 18.2 Å². The third kappa shape index (κ3) is 7.97. The average Bonchev–Trinajstić information content (AvgIpc) is 3.13. The molecule has 0 aliphatic carbocycles. The van der Waals surface area contributed by atoms with Gasteiger partial charge in [-0.15, -0.1) is 0 Å². The van der Waals surface area contributed by atoms with E-state index in [9.17, 15) is 13.2 Å². The quantitative estimate of drug-likeness (QED) is 0.336. The molecule has 0 spiro atoms. The summed E-state index contributed by atoms with van der Waals surface area (Å²) >= 11 is 0. The second-order valence-electron chi connectivity index (χ2n) is 6.49. The Morgan fingerprint density at radius 3 is 2.62 bits per heavy atom. The van der Waals surface area contributed by atoms with E-state index in [0.717, 1.165) is 25.3 Å². The van der Waals surface area contributed by atoms with Gasteiger partial charge in [-0.05, 0) is 31.5 Å². The molecule has 29 heavy (non-hydrogen) atoms. The van der Waals surface area contributed by atoms with Gasteiger partial charge in [-0.1, -0.05) is 44.5 Å². The van der Waals surface area contributed by atoms with Crippen molar-refractivity contribution in [3.8, 4) is 17.1 Å². The third-order valence-electron chi connectivity index (χ3n) is 3.75. The zero-order valence-electron chi connectivity index (χ0n) is 16.8. The molecule has 3 N–H and O–H groups in total. The number of nitrogens with zero attached hydrogens (tertiary/aromatic N) is 2. The van der Waals surface area contributed by atoms with E-state index >= 15 is 0 Å². The van der Waals surface area contributed by atoms with Crippen molar-refractivity contribution in [2.24, 2.45) is 5.73 Å². The number of halogens is 3. The Morgan fingerprint density at radius 2 is 2.07 bits per heavy atom. The summed E-state index contributed by atoms with van der Waals surface area (Å²) in [6.07, 6.45) is -0.204.